The van der Waals surface area contributed by atoms with E-state index in [-0.39, 0.29) is 0 Å². The fourth-order valence-electron chi connectivity index (χ4n) is 1.37. The molecule has 0 saturated heterocycles. The summed E-state index contributed by atoms with van der Waals surface area (Å²) in [5.74, 6) is 0.632. The van der Waals surface area contributed by atoms with Crippen molar-refractivity contribution in [2.45, 2.75) is 0 Å². The van der Waals surface area contributed by atoms with Gasteiger partial charge in [0.2, 0.25) is 0 Å². The zero-order valence-corrected chi connectivity index (χ0v) is 7.75. The highest BCUT2D eigenvalue weighted by Gasteiger charge is 2.03. The van der Waals surface area contributed by atoms with Crippen LogP contribution in [0.25, 0.3) is 22.7 Å². The van der Waals surface area contributed by atoms with Gasteiger partial charge in [-0.05, 0) is 12.1 Å². The van der Waals surface area contributed by atoms with E-state index in [2.05, 4.69) is 24.9 Å². The van der Waals surface area contributed by atoms with Gasteiger partial charge in [-0.2, -0.15) is 0 Å². The molecular formula is C10H7N5. The number of H-pyrrole nitrogens is 1. The molecule has 72 valence electrons. The van der Waals surface area contributed by atoms with Gasteiger partial charge in [-0.3, -0.25) is 0 Å². The van der Waals surface area contributed by atoms with E-state index in [0.29, 0.717) is 17.0 Å². The van der Waals surface area contributed by atoms with Crippen molar-refractivity contribution in [2.24, 2.45) is 0 Å². The lowest BCUT2D eigenvalue weighted by Crippen LogP contribution is -1.92. The predicted octanol–water partition coefficient (Wildman–Crippen LogP) is 1.41. The molecule has 0 unspecified atom stereocenters. The molecule has 0 radical (unpaired) electrons. The highest BCUT2D eigenvalue weighted by atomic mass is 15.0. The molecule has 3 aromatic heterocycles. The molecule has 0 spiro atoms. The number of nitrogens with zero attached hydrogens (tertiary/aromatic N) is 4. The Bertz CT molecular complexity index is 588. The Morgan fingerprint density at radius 1 is 1.07 bits per heavy atom. The number of hydrogen-bond acceptors (Lipinski definition) is 4. The Labute approximate surface area is 85.3 Å². The Hall–Kier alpha value is -2.30. The molecule has 15 heavy (non-hydrogen) atoms. The van der Waals surface area contributed by atoms with Gasteiger partial charge in [0.15, 0.2) is 11.5 Å². The molecule has 0 aliphatic heterocycles. The van der Waals surface area contributed by atoms with Crippen molar-refractivity contribution in [2.75, 3.05) is 0 Å². The minimum absolute atomic E-state index is 0.608. The SMILES string of the molecule is c1c[nH]c(-c2ncc3nccnc3n2)c1. The van der Waals surface area contributed by atoms with Crippen LogP contribution in [-0.4, -0.2) is 24.9 Å². The van der Waals surface area contributed by atoms with Gasteiger partial charge in [-0.1, -0.05) is 0 Å². The molecule has 0 bridgehead atoms. The van der Waals surface area contributed by atoms with Crippen molar-refractivity contribution < 1.29 is 0 Å². The van der Waals surface area contributed by atoms with Gasteiger partial charge in [0.1, 0.15) is 5.52 Å². The highest BCUT2D eigenvalue weighted by Crippen LogP contribution is 2.13. The average Bonchev–Trinajstić information content (AvgIpc) is 2.82. The minimum Gasteiger partial charge on any atom is -0.359 e. The van der Waals surface area contributed by atoms with Gasteiger partial charge in [0.25, 0.3) is 0 Å². The Kier molecular flexibility index (Phi) is 1.68. The number of nitrogens with one attached hydrogen (secondary N) is 1. The predicted molar refractivity (Wildman–Crippen MR) is 54.9 cm³/mol. The lowest BCUT2D eigenvalue weighted by atomic mass is 10.4. The zero-order chi connectivity index (χ0) is 10.1. The first-order chi connectivity index (χ1) is 7.43. The second kappa shape index (κ2) is 3.13. The van der Waals surface area contributed by atoms with Gasteiger partial charge >= 0.3 is 0 Å². The Morgan fingerprint density at radius 3 is 2.87 bits per heavy atom. The van der Waals surface area contributed by atoms with E-state index in [0.717, 1.165) is 5.69 Å². The lowest BCUT2D eigenvalue weighted by Gasteiger charge is -1.97. The van der Waals surface area contributed by atoms with Crippen LogP contribution >= 0.6 is 0 Å². The lowest BCUT2D eigenvalue weighted by molar-refractivity contribution is 1.14. The monoisotopic (exact) mass is 197 g/mol. The third-order valence-corrected chi connectivity index (χ3v) is 2.07. The first kappa shape index (κ1) is 8.05. The first-order valence-corrected chi connectivity index (χ1v) is 4.51. The second-order valence-electron chi connectivity index (χ2n) is 3.04. The zero-order valence-electron chi connectivity index (χ0n) is 7.75. The molecule has 0 aliphatic carbocycles. The van der Waals surface area contributed by atoms with Crippen LogP contribution in [0.1, 0.15) is 0 Å². The Balaban J connectivity index is 2.22. The van der Waals surface area contributed by atoms with Gasteiger partial charge in [0.05, 0.1) is 11.9 Å². The van der Waals surface area contributed by atoms with Gasteiger partial charge < -0.3 is 4.98 Å². The summed E-state index contributed by atoms with van der Waals surface area (Å²) in [4.78, 5) is 19.8. The van der Waals surface area contributed by atoms with Crippen LogP contribution in [0.15, 0.2) is 36.9 Å². The summed E-state index contributed by atoms with van der Waals surface area (Å²) in [6.07, 6.45) is 6.75. The number of aromatic amines is 1. The summed E-state index contributed by atoms with van der Waals surface area (Å²) < 4.78 is 0. The van der Waals surface area contributed by atoms with Crippen molar-refractivity contribution in [3.63, 3.8) is 0 Å². The van der Waals surface area contributed by atoms with E-state index < -0.39 is 0 Å². The smallest absolute Gasteiger partial charge is 0.181 e. The number of fused-ring (bicyclic) bond motifs is 1. The van der Waals surface area contributed by atoms with Crippen LogP contribution < -0.4 is 0 Å². The maximum atomic E-state index is 4.30. The topological polar surface area (TPSA) is 67.3 Å². The van der Waals surface area contributed by atoms with Gasteiger partial charge in [-0.25, -0.2) is 19.9 Å². The van der Waals surface area contributed by atoms with E-state index >= 15 is 0 Å². The van der Waals surface area contributed by atoms with Crippen LogP contribution in [0, 0.1) is 0 Å². The molecule has 0 aliphatic rings. The molecule has 0 aromatic carbocycles. The Morgan fingerprint density at radius 2 is 2.00 bits per heavy atom. The summed E-state index contributed by atoms with van der Waals surface area (Å²) >= 11 is 0. The van der Waals surface area contributed by atoms with E-state index in [1.165, 1.54) is 0 Å². The molecule has 3 heterocycles. The molecule has 0 amide bonds. The summed E-state index contributed by atoms with van der Waals surface area (Å²) in [6.45, 7) is 0. The fourth-order valence-corrected chi connectivity index (χ4v) is 1.37. The van der Waals surface area contributed by atoms with Crippen molar-refractivity contribution in [1.82, 2.24) is 24.9 Å². The second-order valence-corrected chi connectivity index (χ2v) is 3.04. The molecule has 0 fully saturated rings. The van der Waals surface area contributed by atoms with Crippen molar-refractivity contribution in [1.29, 1.82) is 0 Å². The number of aromatic nitrogens is 5. The molecule has 0 saturated carbocycles. The van der Waals surface area contributed by atoms with E-state index in [9.17, 15) is 0 Å². The summed E-state index contributed by atoms with van der Waals surface area (Å²) in [6, 6.07) is 3.82. The van der Waals surface area contributed by atoms with Crippen LogP contribution in [0.5, 0.6) is 0 Å². The summed E-state index contributed by atoms with van der Waals surface area (Å²) in [7, 11) is 0. The van der Waals surface area contributed by atoms with Gasteiger partial charge in [0, 0.05) is 18.6 Å². The third-order valence-electron chi connectivity index (χ3n) is 2.07. The van der Waals surface area contributed by atoms with E-state index in [1.807, 2.05) is 18.3 Å². The molecule has 0 atom stereocenters. The number of rotatable bonds is 1. The highest BCUT2D eigenvalue weighted by molar-refractivity contribution is 5.70. The van der Waals surface area contributed by atoms with Crippen molar-refractivity contribution >= 4 is 11.2 Å². The van der Waals surface area contributed by atoms with Gasteiger partial charge in [-0.15, -0.1) is 0 Å². The van der Waals surface area contributed by atoms with Crippen molar-refractivity contribution in [3.8, 4) is 11.5 Å². The molecule has 3 rings (SSSR count). The third kappa shape index (κ3) is 1.34. The molecule has 1 N–H and O–H groups in total. The largest absolute Gasteiger partial charge is 0.359 e. The maximum Gasteiger partial charge on any atom is 0.181 e. The normalized spacial score (nSPS) is 10.7. The van der Waals surface area contributed by atoms with Crippen LogP contribution in [-0.2, 0) is 0 Å². The average molecular weight is 197 g/mol. The molecular weight excluding hydrogens is 190 g/mol. The van der Waals surface area contributed by atoms with Crippen LogP contribution in [0.4, 0.5) is 0 Å². The van der Waals surface area contributed by atoms with Crippen molar-refractivity contribution in [3.05, 3.63) is 36.9 Å². The number of hydrogen-bond donors (Lipinski definition) is 1. The summed E-state index contributed by atoms with van der Waals surface area (Å²) in [5, 5.41) is 0. The first-order valence-electron chi connectivity index (χ1n) is 4.51. The standard InChI is InChI=1S/C10H7N5/c1-2-7(11-3-1)9-14-6-8-10(15-9)13-5-4-12-8/h1-6,11H. The minimum atomic E-state index is 0.608. The molecule has 3 aromatic rings. The molecule has 5 nitrogen and oxygen atoms in total. The fraction of sp³-hybridized carbons (Fsp3) is 0. The van der Waals surface area contributed by atoms with E-state index in [1.54, 1.807) is 18.6 Å². The molecule has 5 heteroatoms. The quantitative estimate of drug-likeness (QED) is 0.640. The van der Waals surface area contributed by atoms with E-state index in [4.69, 9.17) is 0 Å². The maximum absolute atomic E-state index is 4.30. The van der Waals surface area contributed by atoms with Crippen LogP contribution in [0.2, 0.25) is 0 Å². The summed E-state index contributed by atoms with van der Waals surface area (Å²) in [5.41, 5.74) is 2.19. The van der Waals surface area contributed by atoms with Crippen LogP contribution in [0.3, 0.4) is 0 Å².